The van der Waals surface area contributed by atoms with Crippen molar-refractivity contribution in [1.82, 2.24) is 15.0 Å². The molecule has 0 N–H and O–H groups in total. The third-order valence-corrected chi connectivity index (χ3v) is 11.7. The lowest BCUT2D eigenvalue weighted by Gasteiger charge is -2.21. The van der Waals surface area contributed by atoms with Crippen LogP contribution in [-0.2, 0) is 5.41 Å². The topological polar surface area (TPSA) is 51.8 Å². The van der Waals surface area contributed by atoms with Gasteiger partial charge in [-0.25, -0.2) is 15.0 Å². The zero-order valence-corrected chi connectivity index (χ0v) is 32.1. The number of fused-ring (bicyclic) bond motifs is 6. The molecular weight excluding hydrogens is 707 g/mol. The molecule has 0 fully saturated rings. The van der Waals surface area contributed by atoms with Gasteiger partial charge in [0.15, 0.2) is 17.5 Å². The Balaban J connectivity index is 1.09. The fourth-order valence-electron chi connectivity index (χ4n) is 8.87. The number of hydrogen-bond donors (Lipinski definition) is 0. The summed E-state index contributed by atoms with van der Waals surface area (Å²) in [6.45, 7) is 4.60. The van der Waals surface area contributed by atoms with Gasteiger partial charge in [-0.3, -0.25) is 0 Å². The Bertz CT molecular complexity index is 3200. The number of benzene rings is 8. The van der Waals surface area contributed by atoms with E-state index in [0.29, 0.717) is 17.5 Å². The molecule has 0 saturated heterocycles. The highest BCUT2D eigenvalue weighted by Gasteiger charge is 2.37. The Morgan fingerprint density at radius 2 is 0.879 bits per heavy atom. The van der Waals surface area contributed by atoms with E-state index in [-0.39, 0.29) is 5.41 Å². The molecular formula is C54H37N3O. The van der Waals surface area contributed by atoms with Crippen LogP contribution in [0.1, 0.15) is 25.0 Å². The predicted octanol–water partition coefficient (Wildman–Crippen LogP) is 14.1. The minimum absolute atomic E-state index is 0.159. The molecule has 11 rings (SSSR count). The van der Waals surface area contributed by atoms with Crippen LogP contribution in [0.25, 0.3) is 101 Å². The fourth-order valence-corrected chi connectivity index (χ4v) is 8.87. The van der Waals surface area contributed by atoms with Crippen molar-refractivity contribution in [2.24, 2.45) is 0 Å². The van der Waals surface area contributed by atoms with E-state index in [9.17, 15) is 0 Å². The molecule has 0 bridgehead atoms. The molecule has 2 aromatic heterocycles. The number of furan rings is 1. The molecule has 0 atom stereocenters. The molecule has 10 aromatic rings. The van der Waals surface area contributed by atoms with E-state index >= 15 is 0 Å². The van der Waals surface area contributed by atoms with Gasteiger partial charge in [-0.15, -0.1) is 0 Å². The van der Waals surface area contributed by atoms with Crippen LogP contribution in [0.5, 0.6) is 0 Å². The summed E-state index contributed by atoms with van der Waals surface area (Å²) in [5, 5.41) is 2.15. The van der Waals surface area contributed by atoms with Gasteiger partial charge in [0.1, 0.15) is 11.2 Å². The zero-order valence-electron chi connectivity index (χ0n) is 32.1. The highest BCUT2D eigenvalue weighted by molar-refractivity contribution is 6.13. The van der Waals surface area contributed by atoms with Crippen molar-refractivity contribution in [3.8, 4) is 78.7 Å². The lowest BCUT2D eigenvalue weighted by atomic mass is 9.82. The third kappa shape index (κ3) is 5.56. The average molecular weight is 744 g/mol. The highest BCUT2D eigenvalue weighted by Crippen LogP contribution is 2.51. The highest BCUT2D eigenvalue weighted by atomic mass is 16.3. The number of aromatic nitrogens is 3. The molecule has 4 nitrogen and oxygen atoms in total. The quantitative estimate of drug-likeness (QED) is 0.170. The summed E-state index contributed by atoms with van der Waals surface area (Å²) in [6.07, 6.45) is 0. The van der Waals surface area contributed by atoms with Crippen LogP contribution in [-0.4, -0.2) is 15.0 Å². The van der Waals surface area contributed by atoms with Crippen LogP contribution in [0.2, 0.25) is 0 Å². The second kappa shape index (κ2) is 13.4. The van der Waals surface area contributed by atoms with Crippen molar-refractivity contribution in [2.45, 2.75) is 19.3 Å². The van der Waals surface area contributed by atoms with E-state index < -0.39 is 0 Å². The fraction of sp³-hybridized carbons (Fsp3) is 0.0556. The van der Waals surface area contributed by atoms with Crippen LogP contribution >= 0.6 is 0 Å². The Morgan fingerprint density at radius 3 is 1.64 bits per heavy atom. The first-order valence-corrected chi connectivity index (χ1v) is 19.8. The first-order chi connectivity index (χ1) is 28.5. The van der Waals surface area contributed by atoms with Crippen molar-refractivity contribution in [1.29, 1.82) is 0 Å². The summed E-state index contributed by atoms with van der Waals surface area (Å²) < 4.78 is 6.56. The Kier molecular flexibility index (Phi) is 7.80. The van der Waals surface area contributed by atoms with E-state index in [0.717, 1.165) is 60.9 Å². The predicted molar refractivity (Wildman–Crippen MR) is 237 cm³/mol. The second-order valence-corrected chi connectivity index (χ2v) is 15.6. The van der Waals surface area contributed by atoms with Crippen molar-refractivity contribution in [3.05, 3.63) is 199 Å². The molecule has 0 amide bonds. The zero-order chi connectivity index (χ0) is 38.8. The maximum absolute atomic E-state index is 6.56. The minimum atomic E-state index is -0.159. The molecule has 0 radical (unpaired) electrons. The minimum Gasteiger partial charge on any atom is -0.456 e. The standard InChI is InChI=1S/C54H37N3O/c1-54(2)45-26-10-9-23-42(45)49-44(25-13-27-46(49)54)53-56-51(39-22-12-21-38(32-39)37-20-11-19-36(31-37)34-15-5-3-6-16-34)55-52(57-53)40-29-30-43-48(33-40)58-47-28-14-24-41(50(43)47)35-17-7-4-8-18-35/h3-33H,1-2H3. The van der Waals surface area contributed by atoms with Gasteiger partial charge < -0.3 is 4.42 Å². The van der Waals surface area contributed by atoms with Gasteiger partial charge in [-0.2, -0.15) is 0 Å². The molecule has 0 saturated carbocycles. The van der Waals surface area contributed by atoms with Crippen LogP contribution in [0.15, 0.2) is 192 Å². The van der Waals surface area contributed by atoms with Gasteiger partial charge in [-0.05, 0) is 86.0 Å². The van der Waals surface area contributed by atoms with Crippen molar-refractivity contribution >= 4 is 21.9 Å². The summed E-state index contributed by atoms with van der Waals surface area (Å²) in [7, 11) is 0. The summed E-state index contributed by atoms with van der Waals surface area (Å²) in [6, 6.07) is 66.0. The van der Waals surface area contributed by atoms with Gasteiger partial charge in [-0.1, -0.05) is 172 Å². The van der Waals surface area contributed by atoms with E-state index in [1.54, 1.807) is 0 Å². The molecule has 0 spiro atoms. The SMILES string of the molecule is CC1(C)c2ccccc2-c2c(-c3nc(-c4cccc(-c5cccc(-c6ccccc6)c5)c4)nc(-c4ccc5c(c4)oc4cccc(-c6ccccc6)c45)n3)cccc21. The largest absolute Gasteiger partial charge is 0.456 e. The normalized spacial score (nSPS) is 12.8. The summed E-state index contributed by atoms with van der Waals surface area (Å²) in [5.74, 6) is 1.84. The molecule has 0 unspecified atom stereocenters. The van der Waals surface area contributed by atoms with E-state index in [4.69, 9.17) is 19.4 Å². The molecule has 2 heterocycles. The van der Waals surface area contributed by atoms with Gasteiger partial charge in [0.25, 0.3) is 0 Å². The smallest absolute Gasteiger partial charge is 0.164 e. The second-order valence-electron chi connectivity index (χ2n) is 15.6. The number of nitrogens with zero attached hydrogens (tertiary/aromatic N) is 3. The first-order valence-electron chi connectivity index (χ1n) is 19.8. The molecule has 4 heteroatoms. The first kappa shape index (κ1) is 33.9. The summed E-state index contributed by atoms with van der Waals surface area (Å²) >= 11 is 0. The van der Waals surface area contributed by atoms with Gasteiger partial charge in [0.2, 0.25) is 0 Å². The van der Waals surface area contributed by atoms with Gasteiger partial charge in [0.05, 0.1) is 0 Å². The molecule has 0 aliphatic heterocycles. The lowest BCUT2D eigenvalue weighted by Crippen LogP contribution is -2.14. The van der Waals surface area contributed by atoms with Crippen molar-refractivity contribution in [2.75, 3.05) is 0 Å². The van der Waals surface area contributed by atoms with Gasteiger partial charge in [0, 0.05) is 32.9 Å². The molecule has 58 heavy (non-hydrogen) atoms. The molecule has 1 aliphatic carbocycles. The van der Waals surface area contributed by atoms with Crippen molar-refractivity contribution in [3.63, 3.8) is 0 Å². The molecule has 274 valence electrons. The van der Waals surface area contributed by atoms with Crippen LogP contribution in [0, 0.1) is 0 Å². The van der Waals surface area contributed by atoms with E-state index in [1.807, 2.05) is 18.2 Å². The van der Waals surface area contributed by atoms with Crippen LogP contribution in [0.4, 0.5) is 0 Å². The number of hydrogen-bond acceptors (Lipinski definition) is 4. The molecule has 1 aliphatic rings. The number of rotatable bonds is 6. The summed E-state index contributed by atoms with van der Waals surface area (Å²) in [5.41, 5.74) is 16.1. The van der Waals surface area contributed by atoms with Crippen LogP contribution in [0.3, 0.4) is 0 Å². The maximum atomic E-state index is 6.56. The summed E-state index contributed by atoms with van der Waals surface area (Å²) in [4.78, 5) is 15.8. The Hall–Kier alpha value is -7.43. The van der Waals surface area contributed by atoms with Crippen molar-refractivity contribution < 1.29 is 4.42 Å². The van der Waals surface area contributed by atoms with Crippen LogP contribution < -0.4 is 0 Å². The third-order valence-electron chi connectivity index (χ3n) is 11.7. The monoisotopic (exact) mass is 743 g/mol. The van der Waals surface area contributed by atoms with Gasteiger partial charge >= 0.3 is 0 Å². The maximum Gasteiger partial charge on any atom is 0.164 e. The lowest BCUT2D eigenvalue weighted by molar-refractivity contribution is 0.660. The Morgan fingerprint density at radius 1 is 0.362 bits per heavy atom. The molecule has 8 aromatic carbocycles. The average Bonchev–Trinajstić information content (AvgIpc) is 3.78. The van der Waals surface area contributed by atoms with E-state index in [1.165, 1.54) is 33.4 Å². The van der Waals surface area contributed by atoms with E-state index in [2.05, 4.69) is 184 Å². The Labute approximate surface area is 337 Å².